The molecule has 1 N–H and O–H groups in total. The molecule has 0 saturated carbocycles. The van der Waals surface area contributed by atoms with E-state index in [1.807, 2.05) is 18.2 Å². The highest BCUT2D eigenvalue weighted by molar-refractivity contribution is 6.04. The maximum absolute atomic E-state index is 13.4. The second-order valence-corrected chi connectivity index (χ2v) is 12.7. The summed E-state index contributed by atoms with van der Waals surface area (Å²) < 4.78 is 29.7. The summed E-state index contributed by atoms with van der Waals surface area (Å²) in [6.45, 7) is 8.71. The predicted molar refractivity (Wildman–Crippen MR) is 192 cm³/mol. The van der Waals surface area contributed by atoms with Crippen molar-refractivity contribution in [3.63, 3.8) is 0 Å². The molecule has 1 aromatic heterocycles. The van der Waals surface area contributed by atoms with Crippen molar-refractivity contribution in [1.29, 1.82) is 0 Å². The van der Waals surface area contributed by atoms with E-state index >= 15 is 0 Å². The van der Waals surface area contributed by atoms with Crippen LogP contribution < -0.4 is 25.1 Å². The third-order valence-electron chi connectivity index (χ3n) is 8.00. The molecule has 12 heteroatoms. The van der Waals surface area contributed by atoms with Crippen molar-refractivity contribution in [2.75, 3.05) is 45.4 Å². The van der Waals surface area contributed by atoms with E-state index < -0.39 is 17.6 Å². The van der Waals surface area contributed by atoms with E-state index in [1.165, 1.54) is 5.06 Å². The Bertz CT molecular complexity index is 1830. The molecule has 2 amide bonds. The zero-order valence-corrected chi connectivity index (χ0v) is 29.7. The summed E-state index contributed by atoms with van der Waals surface area (Å²) in [5.41, 5.74) is 1.79. The molecular weight excluding hydrogens is 654 g/mol. The number of hydrogen-bond donors (Lipinski definition) is 1. The number of rotatable bonds is 15. The Morgan fingerprint density at radius 1 is 0.882 bits per heavy atom. The number of nitrogens with zero attached hydrogens (tertiary/aromatic N) is 2. The number of anilines is 1. The Balaban J connectivity index is 1.05. The SMILES string of the molecule is CCN(OCCOCCOc1ccc(Oc2ccc(NC(=O)c3cccn(C4CCc5c(OC)cccc54)c3=O)cc2)cc1)C(=O)OC(C)(C)C. The molecule has 1 unspecified atom stereocenters. The van der Waals surface area contributed by atoms with Crippen LogP contribution in [0.15, 0.2) is 89.9 Å². The van der Waals surface area contributed by atoms with Gasteiger partial charge in [-0.3, -0.25) is 14.4 Å². The van der Waals surface area contributed by atoms with E-state index in [1.54, 1.807) is 106 Å². The molecule has 0 aliphatic heterocycles. The van der Waals surface area contributed by atoms with Gasteiger partial charge in [0.15, 0.2) is 0 Å². The summed E-state index contributed by atoms with van der Waals surface area (Å²) in [6.07, 6.45) is 2.74. The number of hydroxylamine groups is 2. The zero-order chi connectivity index (χ0) is 36.4. The maximum atomic E-state index is 13.4. The molecule has 12 nitrogen and oxygen atoms in total. The van der Waals surface area contributed by atoms with Gasteiger partial charge >= 0.3 is 6.09 Å². The molecule has 51 heavy (non-hydrogen) atoms. The van der Waals surface area contributed by atoms with Crippen LogP contribution in [0.25, 0.3) is 0 Å². The molecule has 1 aliphatic carbocycles. The molecule has 0 radical (unpaired) electrons. The summed E-state index contributed by atoms with van der Waals surface area (Å²) >= 11 is 0. The Hall–Kier alpha value is -5.33. The van der Waals surface area contributed by atoms with Gasteiger partial charge in [0, 0.05) is 18.4 Å². The second-order valence-electron chi connectivity index (χ2n) is 12.7. The Morgan fingerprint density at radius 3 is 2.25 bits per heavy atom. The lowest BCUT2D eigenvalue weighted by atomic mass is 10.1. The standard InChI is InChI=1S/C39H45N3O9/c1-6-42(38(45)51-39(2,3)4)49-26-24-47-23-25-48-28-16-18-30(19-17-28)50-29-14-12-27(13-15-29)40-36(43)33-10-8-22-41(37(33)44)34-21-20-32-31(34)9-7-11-35(32)46-5/h7-19,22,34H,6,20-21,23-26H2,1-5H3,(H,40,43). The number of benzene rings is 3. The third-order valence-corrected chi connectivity index (χ3v) is 8.00. The summed E-state index contributed by atoms with van der Waals surface area (Å²) in [7, 11) is 1.64. The summed E-state index contributed by atoms with van der Waals surface area (Å²) in [5.74, 6) is 2.16. The van der Waals surface area contributed by atoms with Gasteiger partial charge in [-0.2, -0.15) is 5.06 Å². The van der Waals surface area contributed by atoms with Crippen molar-refractivity contribution in [3.05, 3.63) is 112 Å². The first-order valence-corrected chi connectivity index (χ1v) is 17.0. The molecule has 0 fully saturated rings. The minimum atomic E-state index is -0.600. The molecule has 0 bridgehead atoms. The normalized spacial score (nSPS) is 13.6. The molecule has 270 valence electrons. The number of pyridine rings is 1. The monoisotopic (exact) mass is 699 g/mol. The Kier molecular flexibility index (Phi) is 12.4. The number of fused-ring (bicyclic) bond motifs is 1. The number of carbonyl (C=O) groups is 2. The zero-order valence-electron chi connectivity index (χ0n) is 29.7. The number of ether oxygens (including phenoxy) is 5. The van der Waals surface area contributed by atoms with Gasteiger partial charge in [-0.15, -0.1) is 0 Å². The van der Waals surface area contributed by atoms with Crippen molar-refractivity contribution in [3.8, 4) is 23.0 Å². The lowest BCUT2D eigenvalue weighted by Gasteiger charge is -2.25. The first-order valence-electron chi connectivity index (χ1n) is 17.0. The lowest BCUT2D eigenvalue weighted by Crippen LogP contribution is -2.37. The van der Waals surface area contributed by atoms with Gasteiger partial charge in [-0.1, -0.05) is 12.1 Å². The van der Waals surface area contributed by atoms with Crippen LogP contribution in [0.4, 0.5) is 10.5 Å². The van der Waals surface area contributed by atoms with E-state index in [9.17, 15) is 14.4 Å². The van der Waals surface area contributed by atoms with Crippen LogP contribution >= 0.6 is 0 Å². The number of aromatic nitrogens is 1. The number of hydrogen-bond acceptors (Lipinski definition) is 9. The Labute approximate surface area is 297 Å². The fraction of sp³-hybridized carbons (Fsp3) is 0.359. The number of carbonyl (C=O) groups excluding carboxylic acids is 2. The second kappa shape index (κ2) is 17.1. The largest absolute Gasteiger partial charge is 0.496 e. The van der Waals surface area contributed by atoms with E-state index in [0.29, 0.717) is 42.7 Å². The van der Waals surface area contributed by atoms with Crippen LogP contribution in [-0.2, 0) is 20.7 Å². The summed E-state index contributed by atoms with van der Waals surface area (Å²) in [5, 5.41) is 3.99. The first-order chi connectivity index (χ1) is 24.6. The average molecular weight is 700 g/mol. The minimum absolute atomic E-state index is 0.0654. The molecule has 4 aromatic rings. The van der Waals surface area contributed by atoms with Gasteiger partial charge in [0.25, 0.3) is 11.5 Å². The third kappa shape index (κ3) is 9.89. The summed E-state index contributed by atoms with van der Waals surface area (Å²) in [4.78, 5) is 44.2. The quantitative estimate of drug-likeness (QED) is 0.103. The van der Waals surface area contributed by atoms with Crippen LogP contribution in [0, 0.1) is 0 Å². The van der Waals surface area contributed by atoms with E-state index in [0.717, 1.165) is 29.7 Å². The molecule has 5 rings (SSSR count). The fourth-order valence-electron chi connectivity index (χ4n) is 5.66. The molecule has 3 aromatic carbocycles. The van der Waals surface area contributed by atoms with Gasteiger partial charge in [0.2, 0.25) is 0 Å². The van der Waals surface area contributed by atoms with Crippen LogP contribution in [0.5, 0.6) is 23.0 Å². The molecule has 1 atom stereocenters. The van der Waals surface area contributed by atoms with Crippen LogP contribution in [0.3, 0.4) is 0 Å². The smallest absolute Gasteiger partial charge is 0.434 e. The molecule has 0 saturated heterocycles. The van der Waals surface area contributed by atoms with Crippen molar-refractivity contribution in [2.24, 2.45) is 0 Å². The summed E-state index contributed by atoms with van der Waals surface area (Å²) in [6, 6.07) is 23.0. The number of amides is 2. The van der Waals surface area contributed by atoms with Gasteiger partial charge in [-0.05, 0) is 118 Å². The molecule has 1 heterocycles. The van der Waals surface area contributed by atoms with Crippen molar-refractivity contribution >= 4 is 17.7 Å². The molecular formula is C39H45N3O9. The van der Waals surface area contributed by atoms with Crippen LogP contribution in [0.2, 0.25) is 0 Å². The van der Waals surface area contributed by atoms with Gasteiger partial charge in [0.1, 0.15) is 40.8 Å². The van der Waals surface area contributed by atoms with Gasteiger partial charge < -0.3 is 33.6 Å². The van der Waals surface area contributed by atoms with E-state index in [4.69, 9.17) is 28.5 Å². The minimum Gasteiger partial charge on any atom is -0.496 e. The maximum Gasteiger partial charge on any atom is 0.434 e. The van der Waals surface area contributed by atoms with E-state index in [2.05, 4.69) is 5.32 Å². The highest BCUT2D eigenvalue weighted by Crippen LogP contribution is 2.38. The highest BCUT2D eigenvalue weighted by Gasteiger charge is 2.28. The van der Waals surface area contributed by atoms with Crippen molar-refractivity contribution < 1.29 is 38.1 Å². The highest BCUT2D eigenvalue weighted by atomic mass is 16.7. The van der Waals surface area contributed by atoms with Gasteiger partial charge in [-0.25, -0.2) is 4.79 Å². The van der Waals surface area contributed by atoms with Crippen molar-refractivity contribution in [2.45, 2.75) is 52.2 Å². The Morgan fingerprint density at radius 2 is 1.57 bits per heavy atom. The van der Waals surface area contributed by atoms with E-state index in [-0.39, 0.29) is 30.4 Å². The van der Waals surface area contributed by atoms with Crippen LogP contribution in [0.1, 0.15) is 61.6 Å². The van der Waals surface area contributed by atoms with Crippen LogP contribution in [-0.4, -0.2) is 67.3 Å². The first kappa shape index (κ1) is 36.9. The predicted octanol–water partition coefficient (Wildman–Crippen LogP) is 7.02. The number of methoxy groups -OCH3 is 1. The van der Waals surface area contributed by atoms with Gasteiger partial charge in [0.05, 0.1) is 33.0 Å². The topological polar surface area (TPSA) is 127 Å². The van der Waals surface area contributed by atoms with Crippen molar-refractivity contribution in [1.82, 2.24) is 9.63 Å². The molecule has 0 spiro atoms. The molecule has 1 aliphatic rings. The number of nitrogens with one attached hydrogen (secondary N) is 1. The fourth-order valence-corrected chi connectivity index (χ4v) is 5.66. The lowest BCUT2D eigenvalue weighted by molar-refractivity contribution is -0.154. The average Bonchev–Trinajstić information content (AvgIpc) is 3.54.